The summed E-state index contributed by atoms with van der Waals surface area (Å²) in [6, 6.07) is 1.53. The van der Waals surface area contributed by atoms with Gasteiger partial charge in [0.1, 0.15) is 0 Å². The van der Waals surface area contributed by atoms with Crippen molar-refractivity contribution in [2.75, 3.05) is 33.4 Å². The van der Waals surface area contributed by atoms with E-state index < -0.39 is 0 Å². The lowest BCUT2D eigenvalue weighted by Crippen LogP contribution is -2.52. The molecule has 2 atom stereocenters. The molecule has 16 heavy (non-hydrogen) atoms. The first-order chi connectivity index (χ1) is 7.85. The van der Waals surface area contributed by atoms with E-state index in [0.717, 1.165) is 31.2 Å². The van der Waals surface area contributed by atoms with Crippen LogP contribution in [0.4, 0.5) is 0 Å². The largest absolute Gasteiger partial charge is 0.381 e. The number of hydrogen-bond donors (Lipinski definition) is 1. The van der Waals surface area contributed by atoms with Gasteiger partial charge in [-0.3, -0.25) is 4.90 Å². The molecule has 2 saturated heterocycles. The highest BCUT2D eigenvalue weighted by atomic mass is 16.5. The van der Waals surface area contributed by atoms with Crippen molar-refractivity contribution in [1.29, 1.82) is 0 Å². The van der Waals surface area contributed by atoms with Crippen molar-refractivity contribution in [1.82, 2.24) is 10.2 Å². The van der Waals surface area contributed by atoms with Crippen LogP contribution < -0.4 is 5.32 Å². The number of nitrogens with one attached hydrogen (secondary N) is 1. The van der Waals surface area contributed by atoms with E-state index in [9.17, 15) is 0 Å². The topological polar surface area (TPSA) is 24.5 Å². The molecular weight excluding hydrogens is 200 g/mol. The molecule has 3 nitrogen and oxygen atoms in total. The first kappa shape index (κ1) is 12.3. The number of rotatable bonds is 3. The van der Waals surface area contributed by atoms with Gasteiger partial charge in [-0.05, 0) is 38.8 Å². The van der Waals surface area contributed by atoms with Crippen molar-refractivity contribution >= 4 is 0 Å². The van der Waals surface area contributed by atoms with Gasteiger partial charge in [-0.15, -0.1) is 0 Å². The van der Waals surface area contributed by atoms with Gasteiger partial charge in [0.25, 0.3) is 0 Å². The van der Waals surface area contributed by atoms with Crippen LogP contribution in [0, 0.1) is 5.92 Å². The predicted octanol–water partition coefficient (Wildman–Crippen LogP) is 1.49. The summed E-state index contributed by atoms with van der Waals surface area (Å²) in [4.78, 5) is 2.71. The van der Waals surface area contributed by atoms with Gasteiger partial charge >= 0.3 is 0 Å². The minimum Gasteiger partial charge on any atom is -0.381 e. The van der Waals surface area contributed by atoms with Crippen LogP contribution in [-0.2, 0) is 4.74 Å². The Hall–Kier alpha value is -0.120. The molecule has 1 N–H and O–H groups in total. The molecule has 2 rings (SSSR count). The van der Waals surface area contributed by atoms with E-state index in [1.165, 1.54) is 38.8 Å². The van der Waals surface area contributed by atoms with Gasteiger partial charge in [0.15, 0.2) is 0 Å². The van der Waals surface area contributed by atoms with Crippen LogP contribution >= 0.6 is 0 Å². The van der Waals surface area contributed by atoms with Crippen LogP contribution in [0.15, 0.2) is 0 Å². The molecule has 0 aromatic rings. The lowest BCUT2D eigenvalue weighted by atomic mass is 9.88. The molecule has 0 spiro atoms. The van der Waals surface area contributed by atoms with Crippen molar-refractivity contribution in [3.8, 4) is 0 Å². The maximum atomic E-state index is 5.45. The van der Waals surface area contributed by atoms with Crippen LogP contribution in [0.3, 0.4) is 0 Å². The Labute approximate surface area is 99.5 Å². The maximum absolute atomic E-state index is 5.45. The Bertz CT molecular complexity index is 204. The minimum atomic E-state index is 0.737. The third kappa shape index (κ3) is 2.76. The normalized spacial score (nSPS) is 34.1. The molecule has 2 heterocycles. The van der Waals surface area contributed by atoms with Crippen molar-refractivity contribution in [3.05, 3.63) is 0 Å². The number of hydrogen-bond acceptors (Lipinski definition) is 3. The molecule has 0 aromatic carbocycles. The quantitative estimate of drug-likeness (QED) is 0.789. The molecule has 94 valence electrons. The predicted molar refractivity (Wildman–Crippen MR) is 66.7 cm³/mol. The molecule has 2 aliphatic heterocycles. The summed E-state index contributed by atoms with van der Waals surface area (Å²) >= 11 is 0. The summed E-state index contributed by atoms with van der Waals surface area (Å²) in [5.74, 6) is 0.835. The molecule has 2 unspecified atom stereocenters. The number of piperidine rings is 1. The van der Waals surface area contributed by atoms with Gasteiger partial charge in [0, 0.05) is 31.8 Å². The monoisotopic (exact) mass is 226 g/mol. The average Bonchev–Trinajstić information content (AvgIpc) is 2.39. The van der Waals surface area contributed by atoms with Crippen molar-refractivity contribution in [3.63, 3.8) is 0 Å². The van der Waals surface area contributed by atoms with Crippen LogP contribution in [0.1, 0.15) is 32.6 Å². The third-order valence-electron chi connectivity index (χ3n) is 4.37. The molecule has 0 bridgehead atoms. The van der Waals surface area contributed by atoms with Crippen molar-refractivity contribution < 1.29 is 4.74 Å². The Morgan fingerprint density at radius 3 is 2.62 bits per heavy atom. The Morgan fingerprint density at radius 2 is 2.00 bits per heavy atom. The Balaban J connectivity index is 1.87. The van der Waals surface area contributed by atoms with Gasteiger partial charge in [-0.1, -0.05) is 13.3 Å². The SMILES string of the molecule is CCC1CN(C2CCOCC2)CCC1NC. The molecule has 0 amide bonds. The van der Waals surface area contributed by atoms with Crippen LogP contribution in [-0.4, -0.2) is 50.3 Å². The summed E-state index contributed by atoms with van der Waals surface area (Å²) in [5.41, 5.74) is 0. The van der Waals surface area contributed by atoms with Crippen molar-refractivity contribution in [2.24, 2.45) is 5.92 Å². The van der Waals surface area contributed by atoms with E-state index in [4.69, 9.17) is 4.74 Å². The van der Waals surface area contributed by atoms with E-state index >= 15 is 0 Å². The van der Waals surface area contributed by atoms with Gasteiger partial charge in [-0.25, -0.2) is 0 Å². The van der Waals surface area contributed by atoms with E-state index in [-0.39, 0.29) is 0 Å². The Morgan fingerprint density at radius 1 is 1.25 bits per heavy atom. The standard InChI is InChI=1S/C13H26N2O/c1-3-11-10-15(7-4-13(11)14-2)12-5-8-16-9-6-12/h11-14H,3-10H2,1-2H3. The summed E-state index contributed by atoms with van der Waals surface area (Å²) in [6.45, 7) is 6.81. The highest BCUT2D eigenvalue weighted by Gasteiger charge is 2.31. The second kappa shape index (κ2) is 5.99. The lowest BCUT2D eigenvalue weighted by Gasteiger charge is -2.43. The first-order valence-corrected chi connectivity index (χ1v) is 6.84. The zero-order valence-corrected chi connectivity index (χ0v) is 10.7. The van der Waals surface area contributed by atoms with E-state index in [2.05, 4.69) is 24.2 Å². The van der Waals surface area contributed by atoms with Gasteiger partial charge in [0.05, 0.1) is 0 Å². The zero-order valence-electron chi connectivity index (χ0n) is 10.7. The van der Waals surface area contributed by atoms with E-state index in [1.807, 2.05) is 0 Å². The third-order valence-corrected chi connectivity index (χ3v) is 4.37. The van der Waals surface area contributed by atoms with Crippen LogP contribution in [0.2, 0.25) is 0 Å². The number of likely N-dealkylation sites (tertiary alicyclic amines) is 1. The molecule has 0 saturated carbocycles. The summed E-state index contributed by atoms with van der Waals surface area (Å²) in [5, 5.41) is 3.48. The summed E-state index contributed by atoms with van der Waals surface area (Å²) in [6.07, 6.45) is 5.08. The highest BCUT2D eigenvalue weighted by Crippen LogP contribution is 2.24. The van der Waals surface area contributed by atoms with Gasteiger partial charge < -0.3 is 10.1 Å². The highest BCUT2D eigenvalue weighted by molar-refractivity contribution is 4.87. The van der Waals surface area contributed by atoms with Gasteiger partial charge in [0.2, 0.25) is 0 Å². The first-order valence-electron chi connectivity index (χ1n) is 6.84. The smallest absolute Gasteiger partial charge is 0.0480 e. The minimum absolute atomic E-state index is 0.737. The average molecular weight is 226 g/mol. The number of ether oxygens (including phenoxy) is 1. The lowest BCUT2D eigenvalue weighted by molar-refractivity contribution is 0.0114. The molecule has 2 aliphatic rings. The van der Waals surface area contributed by atoms with Gasteiger partial charge in [-0.2, -0.15) is 0 Å². The molecule has 0 aromatic heterocycles. The second-order valence-corrected chi connectivity index (χ2v) is 5.19. The second-order valence-electron chi connectivity index (χ2n) is 5.19. The molecular formula is C13H26N2O. The Kier molecular flexibility index (Phi) is 4.62. The van der Waals surface area contributed by atoms with E-state index in [0.29, 0.717) is 0 Å². The van der Waals surface area contributed by atoms with E-state index in [1.54, 1.807) is 0 Å². The molecule has 2 fully saturated rings. The summed E-state index contributed by atoms with van der Waals surface area (Å²) < 4.78 is 5.45. The maximum Gasteiger partial charge on any atom is 0.0480 e. The molecule has 3 heteroatoms. The molecule has 0 aliphatic carbocycles. The van der Waals surface area contributed by atoms with Crippen LogP contribution in [0.5, 0.6) is 0 Å². The zero-order chi connectivity index (χ0) is 11.4. The van der Waals surface area contributed by atoms with Crippen LogP contribution in [0.25, 0.3) is 0 Å². The fraction of sp³-hybridized carbons (Fsp3) is 1.00. The molecule has 0 radical (unpaired) electrons. The van der Waals surface area contributed by atoms with Crippen molar-refractivity contribution in [2.45, 2.75) is 44.7 Å². The fourth-order valence-electron chi connectivity index (χ4n) is 3.24. The number of nitrogens with zero attached hydrogens (tertiary/aromatic N) is 1. The fourth-order valence-corrected chi connectivity index (χ4v) is 3.24. The summed E-state index contributed by atoms with van der Waals surface area (Å²) in [7, 11) is 2.11.